The number of ether oxygens (including phenoxy) is 4. The number of benzene rings is 2. The number of carbonyl (C=O) groups is 1. The van der Waals surface area contributed by atoms with Crippen LogP contribution in [0.1, 0.15) is 61.9 Å². The van der Waals surface area contributed by atoms with Crippen LogP contribution in [0, 0.1) is 6.92 Å². The van der Waals surface area contributed by atoms with Crippen LogP contribution in [0.2, 0.25) is 0 Å². The number of aryl methyl sites for hydroxylation is 1. The van der Waals surface area contributed by atoms with E-state index in [0.29, 0.717) is 39.6 Å². The predicted molar refractivity (Wildman–Crippen MR) is 152 cm³/mol. The van der Waals surface area contributed by atoms with Crippen molar-refractivity contribution in [2.45, 2.75) is 46.6 Å². The van der Waals surface area contributed by atoms with Gasteiger partial charge in [0.2, 0.25) is 0 Å². The number of aromatic nitrogens is 1. The molecule has 0 fully saturated rings. The van der Waals surface area contributed by atoms with Crippen LogP contribution in [-0.4, -0.2) is 38.0 Å². The lowest BCUT2D eigenvalue weighted by atomic mass is 9.96. The summed E-state index contributed by atoms with van der Waals surface area (Å²) in [5, 5.41) is 0. The Labute approximate surface area is 231 Å². The number of thiazole rings is 1. The largest absolute Gasteiger partial charge is 0.496 e. The molecule has 0 spiro atoms. The maximum absolute atomic E-state index is 13.9. The molecule has 206 valence electrons. The second-order valence-corrected chi connectivity index (χ2v) is 10.4. The van der Waals surface area contributed by atoms with E-state index in [9.17, 15) is 9.59 Å². The van der Waals surface area contributed by atoms with E-state index in [4.69, 9.17) is 18.9 Å². The van der Waals surface area contributed by atoms with Gasteiger partial charge in [-0.05, 0) is 79.3 Å². The summed E-state index contributed by atoms with van der Waals surface area (Å²) in [6.07, 6.45) is 3.37. The van der Waals surface area contributed by atoms with Crippen molar-refractivity contribution in [2.24, 2.45) is 4.99 Å². The number of nitrogens with zero attached hydrogens (tertiary/aromatic N) is 2. The Morgan fingerprint density at radius 3 is 2.44 bits per heavy atom. The molecule has 9 heteroatoms. The van der Waals surface area contributed by atoms with Crippen molar-refractivity contribution >= 4 is 23.4 Å². The summed E-state index contributed by atoms with van der Waals surface area (Å²) in [6.45, 7) is 10.9. The van der Waals surface area contributed by atoms with E-state index in [1.54, 1.807) is 23.8 Å². The van der Waals surface area contributed by atoms with Crippen molar-refractivity contribution in [1.82, 2.24) is 4.57 Å². The quantitative estimate of drug-likeness (QED) is 0.370. The minimum atomic E-state index is -0.742. The molecule has 0 saturated carbocycles. The lowest BCUT2D eigenvalue weighted by molar-refractivity contribution is -0.136. The monoisotopic (exact) mass is 550 g/mol. The highest BCUT2D eigenvalue weighted by Crippen LogP contribution is 2.35. The normalized spacial score (nSPS) is 14.9. The fraction of sp³-hybridized carbons (Fsp3) is 0.367. The second-order valence-electron chi connectivity index (χ2n) is 9.35. The van der Waals surface area contributed by atoms with Crippen molar-refractivity contribution in [3.8, 4) is 17.2 Å². The summed E-state index contributed by atoms with van der Waals surface area (Å²) in [5.74, 6) is 1.64. The molecule has 1 aromatic heterocycles. The Morgan fingerprint density at radius 1 is 1.08 bits per heavy atom. The van der Waals surface area contributed by atoms with E-state index in [0.717, 1.165) is 22.4 Å². The molecule has 1 aliphatic heterocycles. The van der Waals surface area contributed by atoms with Crippen LogP contribution in [0.5, 0.6) is 17.2 Å². The number of methoxy groups -OCH3 is 2. The molecule has 0 radical (unpaired) electrons. The first kappa shape index (κ1) is 28.2. The van der Waals surface area contributed by atoms with E-state index in [-0.39, 0.29) is 17.1 Å². The minimum absolute atomic E-state index is 0.244. The lowest BCUT2D eigenvalue weighted by Gasteiger charge is -2.23. The molecule has 2 aromatic carbocycles. The Hall–Kier alpha value is -3.85. The van der Waals surface area contributed by atoms with Gasteiger partial charge in [0.1, 0.15) is 5.75 Å². The second kappa shape index (κ2) is 11.9. The molecule has 2 heterocycles. The number of hydrogen-bond acceptors (Lipinski definition) is 8. The molecule has 0 bridgehead atoms. The van der Waals surface area contributed by atoms with Gasteiger partial charge in [0.05, 0.1) is 43.6 Å². The zero-order chi connectivity index (χ0) is 28.3. The Kier molecular flexibility index (Phi) is 8.60. The molecule has 0 N–H and O–H groups in total. The number of carbonyl (C=O) groups excluding carboxylic acids is 1. The van der Waals surface area contributed by atoms with Gasteiger partial charge in [-0.15, -0.1) is 0 Å². The Morgan fingerprint density at radius 2 is 1.79 bits per heavy atom. The molecule has 0 unspecified atom stereocenters. The molecule has 1 atom stereocenters. The molecule has 8 nitrogen and oxygen atoms in total. The average Bonchev–Trinajstić information content (AvgIpc) is 3.24. The summed E-state index contributed by atoms with van der Waals surface area (Å²) >= 11 is 1.28. The number of esters is 1. The molecule has 0 aliphatic carbocycles. The fourth-order valence-electron chi connectivity index (χ4n) is 4.63. The van der Waals surface area contributed by atoms with Crippen molar-refractivity contribution < 1.29 is 23.7 Å². The summed E-state index contributed by atoms with van der Waals surface area (Å²) < 4.78 is 24.2. The molecule has 0 saturated heterocycles. The summed E-state index contributed by atoms with van der Waals surface area (Å²) in [6, 6.07) is 8.75. The first-order valence-corrected chi connectivity index (χ1v) is 13.7. The molecule has 1 aliphatic rings. The summed E-state index contributed by atoms with van der Waals surface area (Å²) in [7, 11) is 2.98. The van der Waals surface area contributed by atoms with Crippen LogP contribution in [0.15, 0.2) is 51.9 Å². The van der Waals surface area contributed by atoms with Gasteiger partial charge in [0, 0.05) is 6.20 Å². The van der Waals surface area contributed by atoms with Crippen LogP contribution in [0.4, 0.5) is 0 Å². The first-order valence-electron chi connectivity index (χ1n) is 12.9. The van der Waals surface area contributed by atoms with Crippen molar-refractivity contribution in [3.05, 3.63) is 84.0 Å². The van der Waals surface area contributed by atoms with E-state index >= 15 is 0 Å². The summed E-state index contributed by atoms with van der Waals surface area (Å²) in [4.78, 5) is 31.7. The molecule has 3 aromatic rings. The third-order valence-corrected chi connectivity index (χ3v) is 7.53. The van der Waals surface area contributed by atoms with Gasteiger partial charge in [0.25, 0.3) is 5.56 Å². The SMILES string of the molecule is CCOc1ccc([C@@H]2C(C(=O)OC)=CN=c3s/c(=C\c4cc(C(C)C)c(OC)cc4C)c(=O)n32)cc1OCC. The van der Waals surface area contributed by atoms with E-state index < -0.39 is 12.0 Å². The standard InChI is InChI=1S/C30H34N2O6S/c1-8-37-23-11-10-19(14-25(23)38-9-2)27-22(29(34)36-7)16-31-30-32(27)28(33)26(39-30)15-20-13-21(17(3)4)24(35-6)12-18(20)5/h10-17,27H,8-9H2,1-7H3/b26-15-/t27-/m1/s1. The Balaban J connectivity index is 1.92. The van der Waals surface area contributed by atoms with Gasteiger partial charge >= 0.3 is 5.97 Å². The zero-order valence-corrected chi connectivity index (χ0v) is 24.2. The van der Waals surface area contributed by atoms with Gasteiger partial charge in [-0.2, -0.15) is 0 Å². The third kappa shape index (κ3) is 5.49. The predicted octanol–water partition coefficient (Wildman–Crippen LogP) is 4.26. The number of hydrogen-bond donors (Lipinski definition) is 0. The van der Waals surface area contributed by atoms with Gasteiger partial charge < -0.3 is 18.9 Å². The highest BCUT2D eigenvalue weighted by Gasteiger charge is 2.31. The molecule has 39 heavy (non-hydrogen) atoms. The van der Waals surface area contributed by atoms with Gasteiger partial charge in [-0.1, -0.05) is 31.3 Å². The molecular weight excluding hydrogens is 516 g/mol. The van der Waals surface area contributed by atoms with Gasteiger partial charge in [-0.3, -0.25) is 9.36 Å². The lowest BCUT2D eigenvalue weighted by Crippen LogP contribution is -2.39. The van der Waals surface area contributed by atoms with Crippen LogP contribution in [0.25, 0.3) is 6.08 Å². The third-order valence-electron chi connectivity index (χ3n) is 6.54. The maximum atomic E-state index is 13.9. The highest BCUT2D eigenvalue weighted by molar-refractivity contribution is 7.07. The van der Waals surface area contributed by atoms with E-state index in [1.165, 1.54) is 24.6 Å². The first-order chi connectivity index (χ1) is 18.7. The van der Waals surface area contributed by atoms with Crippen molar-refractivity contribution in [3.63, 3.8) is 0 Å². The van der Waals surface area contributed by atoms with Crippen LogP contribution in [0.3, 0.4) is 0 Å². The van der Waals surface area contributed by atoms with Crippen LogP contribution in [-0.2, 0) is 9.53 Å². The zero-order valence-electron chi connectivity index (χ0n) is 23.4. The number of fused-ring (bicyclic) bond motifs is 1. The molecule has 4 rings (SSSR count). The highest BCUT2D eigenvalue weighted by atomic mass is 32.1. The molecule has 0 amide bonds. The topological polar surface area (TPSA) is 88.4 Å². The summed E-state index contributed by atoms with van der Waals surface area (Å²) in [5.41, 5.74) is 3.67. The van der Waals surface area contributed by atoms with Gasteiger partial charge in [0.15, 0.2) is 16.3 Å². The Bertz CT molecular complexity index is 1600. The van der Waals surface area contributed by atoms with E-state index in [2.05, 4.69) is 24.9 Å². The smallest absolute Gasteiger partial charge is 0.337 e. The average molecular weight is 551 g/mol. The maximum Gasteiger partial charge on any atom is 0.337 e. The van der Waals surface area contributed by atoms with E-state index in [1.807, 2.05) is 39.0 Å². The van der Waals surface area contributed by atoms with Crippen molar-refractivity contribution in [2.75, 3.05) is 27.4 Å². The fourth-order valence-corrected chi connectivity index (χ4v) is 5.59. The number of rotatable bonds is 9. The van der Waals surface area contributed by atoms with Crippen molar-refractivity contribution in [1.29, 1.82) is 0 Å². The van der Waals surface area contributed by atoms with Crippen LogP contribution < -0.4 is 29.1 Å². The minimum Gasteiger partial charge on any atom is -0.496 e. The molecular formula is C30H34N2O6S. The van der Waals surface area contributed by atoms with Crippen LogP contribution >= 0.6 is 11.3 Å². The van der Waals surface area contributed by atoms with Gasteiger partial charge in [-0.25, -0.2) is 9.79 Å².